The van der Waals surface area contributed by atoms with E-state index in [9.17, 15) is 9.90 Å². The van der Waals surface area contributed by atoms with Gasteiger partial charge < -0.3 is 15.3 Å². The summed E-state index contributed by atoms with van der Waals surface area (Å²) in [5, 5.41) is 13.0. The van der Waals surface area contributed by atoms with Crippen molar-refractivity contribution in [3.05, 3.63) is 29.3 Å². The summed E-state index contributed by atoms with van der Waals surface area (Å²) in [7, 11) is 0. The highest BCUT2D eigenvalue weighted by molar-refractivity contribution is 6.30. The van der Waals surface area contributed by atoms with Gasteiger partial charge in [-0.15, -0.1) is 0 Å². The van der Waals surface area contributed by atoms with E-state index in [0.29, 0.717) is 22.9 Å². The molecule has 0 aliphatic carbocycles. The molecule has 3 heterocycles. The summed E-state index contributed by atoms with van der Waals surface area (Å²) < 4.78 is 0. The van der Waals surface area contributed by atoms with Gasteiger partial charge in [0, 0.05) is 35.9 Å². The van der Waals surface area contributed by atoms with Gasteiger partial charge in [0.1, 0.15) is 0 Å². The van der Waals surface area contributed by atoms with Crippen LogP contribution in [0.2, 0.25) is 5.02 Å². The average Bonchev–Trinajstić information content (AvgIpc) is 2.70. The van der Waals surface area contributed by atoms with Gasteiger partial charge in [-0.3, -0.25) is 4.90 Å². The van der Waals surface area contributed by atoms with E-state index in [-0.39, 0.29) is 18.7 Å². The molecule has 1 aromatic rings. The molecule has 28 heavy (non-hydrogen) atoms. The Morgan fingerprint density at radius 3 is 2.82 bits per heavy atom. The van der Waals surface area contributed by atoms with Crippen LogP contribution >= 0.6 is 11.6 Å². The molecule has 3 aliphatic heterocycles. The summed E-state index contributed by atoms with van der Waals surface area (Å²) in [6.07, 6.45) is 7.66. The Bertz CT molecular complexity index is 684. The van der Waals surface area contributed by atoms with E-state index in [1.54, 1.807) is 6.07 Å². The van der Waals surface area contributed by atoms with Crippen molar-refractivity contribution in [2.24, 2.45) is 11.8 Å². The van der Waals surface area contributed by atoms with Gasteiger partial charge >= 0.3 is 6.03 Å². The molecule has 5 nitrogen and oxygen atoms in total. The van der Waals surface area contributed by atoms with Crippen molar-refractivity contribution in [2.75, 3.05) is 31.6 Å². The van der Waals surface area contributed by atoms with Crippen LogP contribution in [0.4, 0.5) is 10.5 Å². The Morgan fingerprint density at radius 2 is 2.04 bits per heavy atom. The fourth-order valence-electron chi connectivity index (χ4n) is 5.83. The molecule has 4 rings (SSSR count). The zero-order valence-electron chi connectivity index (χ0n) is 16.5. The Balaban J connectivity index is 1.55. The fraction of sp³-hybridized carbons (Fsp3) is 0.682. The quantitative estimate of drug-likeness (QED) is 0.721. The smallest absolute Gasteiger partial charge is 0.322 e. The number of likely N-dealkylation sites (tertiary alicyclic amines) is 1. The number of hydrogen-bond acceptors (Lipinski definition) is 3. The molecule has 0 aromatic heterocycles. The lowest BCUT2D eigenvalue weighted by atomic mass is 9.69. The summed E-state index contributed by atoms with van der Waals surface area (Å²) in [4.78, 5) is 18.1. The van der Waals surface area contributed by atoms with Gasteiger partial charge in [-0.2, -0.15) is 0 Å². The lowest BCUT2D eigenvalue weighted by Crippen LogP contribution is -2.66. The summed E-state index contributed by atoms with van der Waals surface area (Å²) in [6.45, 7) is 3.50. The van der Waals surface area contributed by atoms with Crippen LogP contribution in [0, 0.1) is 11.8 Å². The van der Waals surface area contributed by atoms with E-state index in [4.69, 9.17) is 11.6 Å². The number of nitrogens with one attached hydrogen (secondary N) is 1. The molecular formula is C22H32ClN3O2. The number of aliphatic hydroxyl groups excluding tert-OH is 1. The third-order valence-electron chi connectivity index (χ3n) is 6.92. The summed E-state index contributed by atoms with van der Waals surface area (Å²) in [5.74, 6) is 1.13. The summed E-state index contributed by atoms with van der Waals surface area (Å²) in [5.41, 5.74) is 0.752. The topological polar surface area (TPSA) is 55.8 Å². The lowest BCUT2D eigenvalue weighted by Gasteiger charge is -2.57. The van der Waals surface area contributed by atoms with Crippen LogP contribution < -0.4 is 5.32 Å². The van der Waals surface area contributed by atoms with Crippen LogP contribution in [-0.4, -0.2) is 59.3 Å². The maximum atomic E-state index is 13.3. The Kier molecular flexibility index (Phi) is 6.44. The molecule has 0 unspecified atom stereocenters. The normalized spacial score (nSPS) is 30.0. The highest BCUT2D eigenvalue weighted by Crippen LogP contribution is 2.43. The number of nitrogens with zero attached hydrogens (tertiary/aromatic N) is 2. The number of halogens is 1. The largest absolute Gasteiger partial charge is 0.396 e. The van der Waals surface area contributed by atoms with E-state index < -0.39 is 0 Å². The van der Waals surface area contributed by atoms with Gasteiger partial charge in [-0.1, -0.05) is 17.7 Å². The highest BCUT2D eigenvalue weighted by atomic mass is 35.5. The molecule has 6 heteroatoms. The molecule has 2 N–H and O–H groups in total. The number of carbonyl (C=O) groups excluding carboxylic acids is 1. The second kappa shape index (κ2) is 9.02. The van der Waals surface area contributed by atoms with Crippen LogP contribution in [0.3, 0.4) is 0 Å². The van der Waals surface area contributed by atoms with Gasteiger partial charge in [-0.05, 0) is 88.1 Å². The highest BCUT2D eigenvalue weighted by Gasteiger charge is 2.49. The Morgan fingerprint density at radius 1 is 1.21 bits per heavy atom. The fourth-order valence-corrected chi connectivity index (χ4v) is 6.02. The van der Waals surface area contributed by atoms with Crippen LogP contribution in [0.1, 0.15) is 44.9 Å². The van der Waals surface area contributed by atoms with Crippen molar-refractivity contribution in [3.63, 3.8) is 0 Å². The van der Waals surface area contributed by atoms with Crippen LogP contribution in [-0.2, 0) is 0 Å². The number of hydrogen-bond donors (Lipinski definition) is 2. The molecule has 4 atom stereocenters. The van der Waals surface area contributed by atoms with Gasteiger partial charge in [0.2, 0.25) is 0 Å². The minimum Gasteiger partial charge on any atom is -0.396 e. The van der Waals surface area contributed by atoms with Crippen molar-refractivity contribution in [1.82, 2.24) is 9.80 Å². The molecule has 3 fully saturated rings. The molecule has 3 saturated heterocycles. The number of rotatable bonds is 5. The lowest BCUT2D eigenvalue weighted by molar-refractivity contribution is -0.0619. The minimum absolute atomic E-state index is 0.00240. The molecular weight excluding hydrogens is 374 g/mol. The van der Waals surface area contributed by atoms with E-state index in [1.807, 2.05) is 18.2 Å². The maximum absolute atomic E-state index is 13.3. The average molecular weight is 406 g/mol. The standard InChI is InChI=1S/C22H32ClN3O2/c23-17-7-3-8-18(14-17)24-22(28)26-15-16-6-4-11-25-12-5-9-19(21(16)25)20(26)10-1-2-13-27/h3,7-8,14,16,19-21,27H,1-2,4-6,9-13,15H2,(H,24,28)/t16-,19+,20+,21-/m0/s1. The maximum Gasteiger partial charge on any atom is 0.322 e. The number of amides is 2. The summed E-state index contributed by atoms with van der Waals surface area (Å²) in [6, 6.07) is 8.26. The first kappa shape index (κ1) is 20.0. The van der Waals surface area contributed by atoms with Crippen LogP contribution in [0.5, 0.6) is 0 Å². The van der Waals surface area contributed by atoms with E-state index in [0.717, 1.165) is 31.5 Å². The third-order valence-corrected chi connectivity index (χ3v) is 7.15. The number of urea groups is 1. The number of aliphatic hydroxyl groups is 1. The third kappa shape index (κ3) is 4.17. The van der Waals surface area contributed by atoms with Gasteiger partial charge in [0.05, 0.1) is 0 Å². The monoisotopic (exact) mass is 405 g/mol. The van der Waals surface area contributed by atoms with Crippen molar-refractivity contribution in [2.45, 2.75) is 57.0 Å². The SMILES string of the molecule is O=C(Nc1cccc(Cl)c1)N1C[C@@H]2CCCN3CCC[C@@H]([C@H]23)[C@H]1CCCCO. The molecule has 1 aromatic carbocycles. The number of anilines is 1. The van der Waals surface area contributed by atoms with Gasteiger partial charge in [-0.25, -0.2) is 4.79 Å². The zero-order chi connectivity index (χ0) is 19.5. The Labute approximate surface area is 173 Å². The van der Waals surface area contributed by atoms with Gasteiger partial charge in [0.15, 0.2) is 0 Å². The number of benzene rings is 1. The predicted molar refractivity (Wildman–Crippen MR) is 113 cm³/mol. The molecule has 154 valence electrons. The first-order valence-electron chi connectivity index (χ1n) is 10.9. The first-order chi connectivity index (χ1) is 13.7. The molecule has 0 spiro atoms. The second-order valence-corrected chi connectivity index (χ2v) is 9.05. The van der Waals surface area contributed by atoms with Crippen molar-refractivity contribution >= 4 is 23.3 Å². The van der Waals surface area contributed by atoms with E-state index >= 15 is 0 Å². The minimum atomic E-state index is -0.00240. The second-order valence-electron chi connectivity index (χ2n) is 8.61. The molecule has 2 amide bonds. The van der Waals surface area contributed by atoms with E-state index in [1.165, 1.54) is 38.8 Å². The molecule has 0 bridgehead atoms. The summed E-state index contributed by atoms with van der Waals surface area (Å²) >= 11 is 6.09. The number of piperidine rings is 3. The Hall–Kier alpha value is -1.30. The predicted octanol–water partition coefficient (Wildman–Crippen LogP) is 4.21. The van der Waals surface area contributed by atoms with Crippen LogP contribution in [0.25, 0.3) is 0 Å². The number of carbonyl (C=O) groups is 1. The van der Waals surface area contributed by atoms with Crippen molar-refractivity contribution in [1.29, 1.82) is 0 Å². The van der Waals surface area contributed by atoms with Gasteiger partial charge in [0.25, 0.3) is 0 Å². The molecule has 3 aliphatic rings. The molecule has 0 radical (unpaired) electrons. The van der Waals surface area contributed by atoms with Crippen molar-refractivity contribution in [3.8, 4) is 0 Å². The first-order valence-corrected chi connectivity index (χ1v) is 11.2. The van der Waals surface area contributed by atoms with Crippen molar-refractivity contribution < 1.29 is 9.90 Å². The van der Waals surface area contributed by atoms with E-state index in [2.05, 4.69) is 15.1 Å². The number of unbranched alkanes of at least 4 members (excludes halogenated alkanes) is 1. The van der Waals surface area contributed by atoms with Crippen LogP contribution in [0.15, 0.2) is 24.3 Å². The zero-order valence-corrected chi connectivity index (χ0v) is 17.3. The molecule has 0 saturated carbocycles.